The number of fused-ring (bicyclic) bond motifs is 1. The summed E-state index contributed by atoms with van der Waals surface area (Å²) in [5.41, 5.74) is -0.113. The topological polar surface area (TPSA) is 83.0 Å². The zero-order valence-electron chi connectivity index (χ0n) is 28.1. The summed E-state index contributed by atoms with van der Waals surface area (Å²) >= 11 is 0. The van der Waals surface area contributed by atoms with E-state index in [1.54, 1.807) is 0 Å². The molecule has 0 amide bonds. The number of aryl methyl sites for hydroxylation is 1. The molecule has 4 rings (SSSR count). The monoisotopic (exact) mass is 599 g/mol. The highest BCUT2D eigenvalue weighted by molar-refractivity contribution is 5.82. The molecule has 2 fully saturated rings. The summed E-state index contributed by atoms with van der Waals surface area (Å²) in [7, 11) is 4.02. The van der Waals surface area contributed by atoms with Crippen LogP contribution in [0.1, 0.15) is 87.0 Å². The maximum atomic E-state index is 13.3. The zero-order chi connectivity index (χ0) is 31.4. The second-order valence-electron chi connectivity index (χ2n) is 14.9. The van der Waals surface area contributed by atoms with Crippen LogP contribution in [0, 0.1) is 16.2 Å². The first-order chi connectivity index (χ1) is 20.2. The molecule has 2 aliphatic rings. The number of cyclic esters (lactones) is 1. The Morgan fingerprint density at radius 1 is 1.02 bits per heavy atom. The molecule has 2 aliphatic heterocycles. The van der Waals surface area contributed by atoms with Crippen LogP contribution in [0.3, 0.4) is 0 Å². The van der Waals surface area contributed by atoms with E-state index in [-0.39, 0.29) is 41.2 Å². The smallest absolute Gasteiger partial charge is 0.311 e. The Morgan fingerprint density at radius 3 is 2.47 bits per heavy atom. The number of nitrogens with zero attached hydrogens (tertiary/aromatic N) is 1. The number of ether oxygens (including phenoxy) is 4. The maximum absolute atomic E-state index is 13.3. The van der Waals surface area contributed by atoms with Gasteiger partial charge >= 0.3 is 5.97 Å². The predicted octanol–water partition coefficient (Wildman–Crippen LogP) is 6.21. The van der Waals surface area contributed by atoms with Crippen molar-refractivity contribution in [1.29, 1.82) is 0 Å². The lowest BCUT2D eigenvalue weighted by molar-refractivity contribution is -0.286. The summed E-state index contributed by atoms with van der Waals surface area (Å²) in [4.78, 5) is 13.3. The largest absolute Gasteiger partial charge is 0.468 e. The van der Waals surface area contributed by atoms with Crippen molar-refractivity contribution in [2.75, 3.05) is 26.7 Å². The first kappa shape index (κ1) is 33.8. The van der Waals surface area contributed by atoms with E-state index in [9.17, 15) is 4.79 Å². The van der Waals surface area contributed by atoms with E-state index in [1.807, 2.05) is 40.1 Å². The predicted molar refractivity (Wildman–Crippen MR) is 172 cm³/mol. The third-order valence-corrected chi connectivity index (χ3v) is 9.45. The van der Waals surface area contributed by atoms with E-state index in [1.165, 1.54) is 0 Å². The quantitative estimate of drug-likeness (QED) is 0.396. The molecule has 2 N–H and O–H groups in total. The molecule has 0 saturated carbocycles. The highest BCUT2D eigenvalue weighted by Crippen LogP contribution is 2.47. The summed E-state index contributed by atoms with van der Waals surface area (Å²) in [6, 6.07) is 10.4. The Bertz CT molecular complexity index is 1210. The summed E-state index contributed by atoms with van der Waals surface area (Å²) in [5.74, 6) is 0.642. The molecule has 0 bridgehead atoms. The molecule has 1 aromatic heterocycles. The van der Waals surface area contributed by atoms with Gasteiger partial charge in [-0.3, -0.25) is 4.79 Å². The number of para-hydroxylation sites is 1. The van der Waals surface area contributed by atoms with Gasteiger partial charge in [0.05, 0.1) is 35.8 Å². The van der Waals surface area contributed by atoms with Gasteiger partial charge in [-0.25, -0.2) is 0 Å². The molecule has 2 saturated heterocycles. The number of nitrogens with one attached hydrogen (secondary N) is 2. The fourth-order valence-corrected chi connectivity index (χ4v) is 7.59. The van der Waals surface area contributed by atoms with Crippen molar-refractivity contribution >= 4 is 16.9 Å². The molecule has 5 atom stereocenters. The number of carbonyl (C=O) groups is 1. The molecule has 3 heterocycles. The van der Waals surface area contributed by atoms with Crippen LogP contribution in [-0.2, 0) is 26.1 Å². The third kappa shape index (κ3) is 8.13. The van der Waals surface area contributed by atoms with Crippen LogP contribution in [0.2, 0.25) is 0 Å². The van der Waals surface area contributed by atoms with Crippen LogP contribution in [0.4, 0.5) is 0 Å². The second-order valence-corrected chi connectivity index (χ2v) is 14.9. The normalized spacial score (nSPS) is 30.6. The van der Waals surface area contributed by atoms with Gasteiger partial charge < -0.3 is 34.1 Å². The van der Waals surface area contributed by atoms with Gasteiger partial charge in [0.15, 0.2) is 18.3 Å². The fourth-order valence-electron chi connectivity index (χ4n) is 7.59. The van der Waals surface area contributed by atoms with Crippen molar-refractivity contribution in [3.05, 3.63) is 30.3 Å². The molecule has 8 heteroatoms. The molecule has 0 aliphatic carbocycles. The van der Waals surface area contributed by atoms with Crippen molar-refractivity contribution in [3.8, 4) is 5.88 Å². The van der Waals surface area contributed by atoms with Crippen molar-refractivity contribution in [1.82, 2.24) is 15.2 Å². The molecule has 8 nitrogen and oxygen atoms in total. The van der Waals surface area contributed by atoms with Gasteiger partial charge in [0.1, 0.15) is 0 Å². The van der Waals surface area contributed by atoms with E-state index >= 15 is 0 Å². The Hall–Kier alpha value is -2.13. The lowest BCUT2D eigenvalue weighted by atomic mass is 9.64. The minimum absolute atomic E-state index is 0.00103. The molecular formula is C35H57N3O5. The first-order valence-corrected chi connectivity index (χ1v) is 16.3. The Balaban J connectivity index is 1.68. The van der Waals surface area contributed by atoms with Gasteiger partial charge in [0, 0.05) is 18.5 Å². The van der Waals surface area contributed by atoms with Crippen LogP contribution >= 0.6 is 0 Å². The van der Waals surface area contributed by atoms with Crippen LogP contribution in [0.5, 0.6) is 5.88 Å². The first-order valence-electron chi connectivity index (χ1n) is 16.3. The third-order valence-electron chi connectivity index (χ3n) is 9.45. The van der Waals surface area contributed by atoms with E-state index in [0.29, 0.717) is 13.0 Å². The Labute approximate surface area is 259 Å². The van der Waals surface area contributed by atoms with Crippen LogP contribution in [0.25, 0.3) is 10.9 Å². The number of benzene rings is 1. The van der Waals surface area contributed by atoms with Gasteiger partial charge in [-0.2, -0.15) is 0 Å². The van der Waals surface area contributed by atoms with Gasteiger partial charge in [-0.15, -0.1) is 0 Å². The average molecular weight is 600 g/mol. The van der Waals surface area contributed by atoms with Crippen LogP contribution < -0.4 is 15.4 Å². The van der Waals surface area contributed by atoms with E-state index < -0.39 is 11.7 Å². The zero-order valence-corrected chi connectivity index (χ0v) is 28.1. The minimum atomic E-state index is -0.660. The van der Waals surface area contributed by atoms with Crippen molar-refractivity contribution < 1.29 is 23.7 Å². The number of likely N-dealkylation sites (N-methyl/N-ethyl adjacent to an activating group) is 1. The van der Waals surface area contributed by atoms with Crippen LogP contribution in [0.15, 0.2) is 30.3 Å². The number of esters is 1. The van der Waals surface area contributed by atoms with Crippen molar-refractivity contribution in [3.63, 3.8) is 0 Å². The Kier molecular flexibility index (Phi) is 10.9. The van der Waals surface area contributed by atoms with Gasteiger partial charge in [0.2, 0.25) is 0 Å². The van der Waals surface area contributed by atoms with Gasteiger partial charge in [-0.05, 0) is 96.3 Å². The molecule has 1 unspecified atom stereocenters. The summed E-state index contributed by atoms with van der Waals surface area (Å²) in [6.45, 7) is 17.5. The Morgan fingerprint density at radius 2 is 1.74 bits per heavy atom. The number of rotatable bonds is 5. The molecule has 242 valence electrons. The second kappa shape index (κ2) is 13.9. The number of carbonyl (C=O) groups excluding carboxylic acids is 1. The number of aromatic nitrogens is 1. The van der Waals surface area contributed by atoms with Crippen molar-refractivity contribution in [2.45, 2.75) is 118 Å². The van der Waals surface area contributed by atoms with E-state index in [2.05, 4.69) is 68.0 Å². The molecule has 1 aromatic carbocycles. The molecule has 0 radical (unpaired) electrons. The van der Waals surface area contributed by atoms with Crippen LogP contribution in [-0.4, -0.2) is 67.9 Å². The SMILES string of the molecule is CN[C@H]1C[C@@H](C)O[C@@H](OC2C(C)(C)CCCNCCCCOC(=O)C(C)(C)CC2(C)C)[C@@H]1Oc1cc2ccccc2n1C. The standard InChI is InChI=1S/C35H57N3O5/c1-24-21-26(36-8)29(42-28-22-25-15-10-11-16-27(25)38(28)9)30(41-24)43-31-33(2,3)17-14-19-37-18-12-13-20-40-32(39)35(6,7)23-34(31,4)5/h10-11,15-16,22,24,26,29-31,36-37H,12-14,17-21,23H2,1-9H3/t24-,26+,29-,30+,31?/m1/s1. The summed E-state index contributed by atoms with van der Waals surface area (Å²) in [6.07, 6.45) is 4.13. The number of hydrogen-bond acceptors (Lipinski definition) is 7. The summed E-state index contributed by atoms with van der Waals surface area (Å²) < 4.78 is 28.5. The average Bonchev–Trinajstić information content (AvgIpc) is 3.25. The lowest BCUT2D eigenvalue weighted by Crippen LogP contribution is -2.59. The highest BCUT2D eigenvalue weighted by Gasteiger charge is 2.50. The fraction of sp³-hybridized carbons (Fsp3) is 0.743. The van der Waals surface area contributed by atoms with E-state index in [0.717, 1.165) is 62.0 Å². The highest BCUT2D eigenvalue weighted by atomic mass is 16.7. The minimum Gasteiger partial charge on any atom is -0.468 e. The maximum Gasteiger partial charge on any atom is 0.311 e. The number of hydrogen-bond donors (Lipinski definition) is 2. The molecule has 0 spiro atoms. The summed E-state index contributed by atoms with van der Waals surface area (Å²) in [5, 5.41) is 8.20. The van der Waals surface area contributed by atoms with Crippen molar-refractivity contribution in [2.24, 2.45) is 23.3 Å². The van der Waals surface area contributed by atoms with Gasteiger partial charge in [0.25, 0.3) is 0 Å². The molecule has 43 heavy (non-hydrogen) atoms. The lowest BCUT2D eigenvalue weighted by Gasteiger charge is -2.50. The van der Waals surface area contributed by atoms with Gasteiger partial charge in [-0.1, -0.05) is 45.9 Å². The molecule has 2 aromatic rings. The molecular weight excluding hydrogens is 542 g/mol. The van der Waals surface area contributed by atoms with E-state index in [4.69, 9.17) is 18.9 Å².